The van der Waals surface area contributed by atoms with Gasteiger partial charge in [-0.15, -0.1) is 0 Å². The Morgan fingerprint density at radius 3 is 1.51 bits per heavy atom. The van der Waals surface area contributed by atoms with Crippen LogP contribution in [-0.4, -0.2) is 36.9 Å². The predicted octanol–water partition coefficient (Wildman–Crippen LogP) is 6.13. The lowest BCUT2D eigenvalue weighted by Gasteiger charge is -2.09. The third-order valence-corrected chi connectivity index (χ3v) is 7.50. The van der Waals surface area contributed by atoms with E-state index in [9.17, 15) is 19.2 Å². The van der Waals surface area contributed by atoms with E-state index in [4.69, 9.17) is 20.3 Å². The molecule has 0 saturated carbocycles. The molecule has 6 N–H and O–H groups in total. The van der Waals surface area contributed by atoms with Gasteiger partial charge in [0.1, 0.15) is 34.4 Å². The maximum atomic E-state index is 12.3. The van der Waals surface area contributed by atoms with Gasteiger partial charge in [-0.2, -0.15) is 0 Å². The maximum absolute atomic E-state index is 12.3. The van der Waals surface area contributed by atoms with Crippen LogP contribution in [0.15, 0.2) is 119 Å². The van der Waals surface area contributed by atoms with Gasteiger partial charge in [0, 0.05) is 35.6 Å². The molecular formula is C40H40N6O7. The number of nitrogens with zero attached hydrogens (tertiary/aromatic N) is 2. The van der Waals surface area contributed by atoms with Crippen LogP contribution >= 0.6 is 0 Å². The largest absolute Gasteiger partial charge is 0.477 e. The number of aromatic nitrogens is 4. The number of aromatic amines is 2. The van der Waals surface area contributed by atoms with Crippen LogP contribution in [0.1, 0.15) is 54.6 Å². The van der Waals surface area contributed by atoms with Gasteiger partial charge in [0.15, 0.2) is 0 Å². The van der Waals surface area contributed by atoms with Crippen molar-refractivity contribution < 1.29 is 24.2 Å². The quantitative estimate of drug-likeness (QED) is 0.116. The lowest BCUT2D eigenvalue weighted by Crippen LogP contribution is -2.28. The molecule has 0 saturated heterocycles. The maximum Gasteiger partial charge on any atom is 0.354 e. The number of hydrogen-bond acceptors (Lipinski definition) is 9. The molecule has 13 nitrogen and oxygen atoms in total. The second kappa shape index (κ2) is 18.9. The van der Waals surface area contributed by atoms with Gasteiger partial charge in [-0.3, -0.25) is 14.4 Å². The van der Waals surface area contributed by atoms with Crippen LogP contribution in [0.2, 0.25) is 0 Å². The van der Waals surface area contributed by atoms with E-state index < -0.39 is 5.97 Å². The van der Waals surface area contributed by atoms with Crippen LogP contribution in [0.4, 0.5) is 0 Å². The minimum absolute atomic E-state index is 0.000381. The number of amides is 1. The Bertz CT molecular complexity index is 2240. The second-order valence-electron chi connectivity index (χ2n) is 11.7. The third-order valence-electron chi connectivity index (χ3n) is 7.50. The molecular weight excluding hydrogens is 676 g/mol. The monoisotopic (exact) mass is 716 g/mol. The van der Waals surface area contributed by atoms with E-state index in [0.29, 0.717) is 40.7 Å². The average molecular weight is 717 g/mol. The van der Waals surface area contributed by atoms with Crippen molar-refractivity contribution in [2.24, 2.45) is 5.73 Å². The number of para-hydroxylation sites is 2. The SMILES string of the molecule is Cc1cc(C)c(CN)c(=O)[nH]1.Cc1cc(C)c(CNC(=O)c2ccc(Oc3ccccc3)cn2)c(=O)[nH]1.O=C(O)c1ccc(Oc2ccccc2)cn1. The van der Waals surface area contributed by atoms with Gasteiger partial charge in [0.2, 0.25) is 0 Å². The first kappa shape index (κ1) is 38.9. The Kier molecular flexibility index (Phi) is 13.9. The standard InChI is InChI=1S/C20H19N3O3.C12H9NO3.C8H12N2O/c1-13-10-14(2)23-19(24)17(13)12-22-20(25)18-9-8-16(11-21-18)26-15-6-4-3-5-7-15;14-12(15)11-7-6-10(8-13-11)16-9-4-2-1-3-5-9;1-5-3-6(2)10-8(11)7(5)4-9/h3-11H,12H2,1-2H3,(H,22,25)(H,23,24);1-8H,(H,14,15);3H,4,9H2,1-2H3,(H,10,11). The second-order valence-corrected chi connectivity index (χ2v) is 11.7. The van der Waals surface area contributed by atoms with Crippen LogP contribution in [0, 0.1) is 27.7 Å². The molecule has 6 aromatic rings. The number of aromatic carboxylic acids is 1. The van der Waals surface area contributed by atoms with E-state index in [-0.39, 0.29) is 35.0 Å². The number of pyridine rings is 4. The number of carboxylic acids is 1. The molecule has 0 aliphatic rings. The minimum atomic E-state index is -1.05. The molecule has 0 unspecified atom stereocenters. The highest BCUT2D eigenvalue weighted by atomic mass is 16.5. The molecule has 4 aromatic heterocycles. The first-order valence-corrected chi connectivity index (χ1v) is 16.4. The van der Waals surface area contributed by atoms with E-state index >= 15 is 0 Å². The molecule has 0 radical (unpaired) electrons. The molecule has 272 valence electrons. The van der Waals surface area contributed by atoms with E-state index in [1.54, 1.807) is 18.2 Å². The van der Waals surface area contributed by atoms with Crippen molar-refractivity contribution in [1.29, 1.82) is 0 Å². The molecule has 53 heavy (non-hydrogen) atoms. The van der Waals surface area contributed by atoms with Crippen LogP contribution < -0.4 is 31.6 Å². The van der Waals surface area contributed by atoms with E-state index in [1.807, 2.05) is 100 Å². The number of aryl methyl sites for hydroxylation is 4. The van der Waals surface area contributed by atoms with E-state index in [2.05, 4.69) is 25.3 Å². The molecule has 4 heterocycles. The van der Waals surface area contributed by atoms with Crippen molar-refractivity contribution in [2.45, 2.75) is 40.8 Å². The Morgan fingerprint density at radius 2 is 1.11 bits per heavy atom. The zero-order chi connectivity index (χ0) is 38.3. The van der Waals surface area contributed by atoms with E-state index in [1.165, 1.54) is 18.5 Å². The lowest BCUT2D eigenvalue weighted by atomic mass is 10.1. The molecule has 0 spiro atoms. The first-order valence-electron chi connectivity index (χ1n) is 16.4. The predicted molar refractivity (Wildman–Crippen MR) is 201 cm³/mol. The number of carbonyl (C=O) groups is 2. The number of rotatable bonds is 9. The number of carbonyl (C=O) groups excluding carboxylic acids is 1. The molecule has 0 bridgehead atoms. The lowest BCUT2D eigenvalue weighted by molar-refractivity contribution is 0.0690. The summed E-state index contributed by atoms with van der Waals surface area (Å²) >= 11 is 0. The Morgan fingerprint density at radius 1 is 0.660 bits per heavy atom. The van der Waals surface area contributed by atoms with Gasteiger partial charge in [-0.1, -0.05) is 36.4 Å². The zero-order valence-electron chi connectivity index (χ0n) is 29.7. The number of carboxylic acid groups (broad SMARTS) is 1. The number of H-pyrrole nitrogens is 2. The Hall–Kier alpha value is -6.86. The molecule has 0 fully saturated rings. The summed E-state index contributed by atoms with van der Waals surface area (Å²) in [5.41, 5.74) is 10.1. The third kappa shape index (κ3) is 11.9. The fourth-order valence-corrected chi connectivity index (χ4v) is 4.89. The zero-order valence-corrected chi connectivity index (χ0v) is 29.7. The van der Waals surface area contributed by atoms with Crippen LogP contribution in [-0.2, 0) is 13.1 Å². The van der Waals surface area contributed by atoms with Crippen LogP contribution in [0.5, 0.6) is 23.0 Å². The summed E-state index contributed by atoms with van der Waals surface area (Å²) in [6.07, 6.45) is 2.88. The topological polar surface area (TPSA) is 202 Å². The van der Waals surface area contributed by atoms with Gasteiger partial charge >= 0.3 is 5.97 Å². The van der Waals surface area contributed by atoms with Crippen molar-refractivity contribution in [3.8, 4) is 23.0 Å². The Labute approximate surface area is 305 Å². The van der Waals surface area contributed by atoms with Crippen LogP contribution in [0.25, 0.3) is 0 Å². The fraction of sp³-hybridized carbons (Fsp3) is 0.150. The summed E-state index contributed by atoms with van der Waals surface area (Å²) in [5.74, 6) is 1.03. The molecule has 0 aliphatic carbocycles. The van der Waals surface area contributed by atoms with E-state index in [0.717, 1.165) is 22.5 Å². The summed E-state index contributed by atoms with van der Waals surface area (Å²) in [4.78, 5) is 59.3. The normalized spacial score (nSPS) is 10.1. The Balaban J connectivity index is 0.000000197. The number of nitrogens with two attached hydrogens (primary N) is 1. The van der Waals surface area contributed by atoms with Crippen molar-refractivity contribution in [3.63, 3.8) is 0 Å². The first-order chi connectivity index (χ1) is 25.4. The molecule has 0 aliphatic heterocycles. The number of ether oxygens (including phenoxy) is 2. The van der Waals surface area contributed by atoms with Crippen LogP contribution in [0.3, 0.4) is 0 Å². The highest BCUT2D eigenvalue weighted by molar-refractivity contribution is 5.92. The van der Waals surface area contributed by atoms with Gasteiger partial charge in [-0.25, -0.2) is 14.8 Å². The van der Waals surface area contributed by atoms with Gasteiger partial charge in [0.05, 0.1) is 12.4 Å². The fourth-order valence-electron chi connectivity index (χ4n) is 4.89. The van der Waals surface area contributed by atoms with Gasteiger partial charge < -0.3 is 35.6 Å². The molecule has 13 heteroatoms. The number of nitrogens with one attached hydrogen (secondary N) is 3. The number of hydrogen-bond donors (Lipinski definition) is 5. The summed E-state index contributed by atoms with van der Waals surface area (Å²) in [7, 11) is 0. The highest BCUT2D eigenvalue weighted by Crippen LogP contribution is 2.21. The van der Waals surface area contributed by atoms with Gasteiger partial charge in [-0.05, 0) is 99.5 Å². The summed E-state index contributed by atoms with van der Waals surface area (Å²) in [5, 5.41) is 11.4. The van der Waals surface area contributed by atoms with Gasteiger partial charge in [0.25, 0.3) is 17.0 Å². The molecule has 2 aromatic carbocycles. The molecule has 6 rings (SSSR count). The van der Waals surface area contributed by atoms with Crippen molar-refractivity contribution >= 4 is 11.9 Å². The number of benzene rings is 2. The molecule has 1 amide bonds. The smallest absolute Gasteiger partial charge is 0.354 e. The van der Waals surface area contributed by atoms with Crippen molar-refractivity contribution in [2.75, 3.05) is 0 Å². The summed E-state index contributed by atoms with van der Waals surface area (Å²) in [6.45, 7) is 7.86. The molecule has 0 atom stereocenters. The highest BCUT2D eigenvalue weighted by Gasteiger charge is 2.11. The van der Waals surface area contributed by atoms with Crippen molar-refractivity contribution in [1.82, 2.24) is 25.3 Å². The van der Waals surface area contributed by atoms with Crippen molar-refractivity contribution in [3.05, 3.63) is 175 Å². The summed E-state index contributed by atoms with van der Waals surface area (Å²) in [6, 6.07) is 28.6. The average Bonchev–Trinajstić information content (AvgIpc) is 3.13. The summed E-state index contributed by atoms with van der Waals surface area (Å²) < 4.78 is 11.1. The minimum Gasteiger partial charge on any atom is -0.477 e.